The Kier molecular flexibility index (Phi) is 3.91. The van der Waals surface area contributed by atoms with Crippen LogP contribution >= 0.6 is 0 Å². The van der Waals surface area contributed by atoms with Gasteiger partial charge in [-0.15, -0.1) is 0 Å². The molecule has 0 heterocycles. The van der Waals surface area contributed by atoms with Crippen molar-refractivity contribution in [3.05, 3.63) is 35.4 Å². The first kappa shape index (κ1) is 14.8. The summed E-state index contributed by atoms with van der Waals surface area (Å²) in [5, 5.41) is 10.5. The van der Waals surface area contributed by atoms with Crippen molar-refractivity contribution in [3.63, 3.8) is 0 Å². The van der Waals surface area contributed by atoms with Crippen molar-refractivity contribution >= 4 is 8.32 Å². The third kappa shape index (κ3) is 3.10. The minimum Gasteiger partial charge on any atom is -0.411 e. The van der Waals surface area contributed by atoms with Crippen LogP contribution in [0.1, 0.15) is 31.9 Å². The Morgan fingerprint density at radius 2 is 1.63 bits per heavy atom. The maximum atomic E-state index is 10.3. The second-order valence-electron chi connectivity index (χ2n) is 7.16. The first-order valence-corrected chi connectivity index (χ1v) is 10.0. The summed E-state index contributed by atoms with van der Waals surface area (Å²) in [6.45, 7) is 11.2. The average Bonchev–Trinajstić information content (AvgIpc) is 2.28. The van der Waals surface area contributed by atoms with Crippen molar-refractivity contribution in [1.29, 1.82) is 0 Å². The van der Waals surface area contributed by atoms with Gasteiger partial charge in [0.1, 0.15) is 0 Å². The second kappa shape index (κ2) is 5.04. The van der Waals surface area contributed by atoms with Crippen molar-refractivity contribution in [2.24, 2.45) is 0 Å². The number of benzene rings is 1. The number of aliphatic hydroxyl groups excluding tert-OH is 1. The molecule has 2 rings (SSSR count). The topological polar surface area (TPSA) is 29.5 Å². The molecule has 2 atom stereocenters. The van der Waals surface area contributed by atoms with E-state index in [0.29, 0.717) is 0 Å². The van der Waals surface area contributed by atoms with E-state index >= 15 is 0 Å². The highest BCUT2D eigenvalue weighted by Gasteiger charge is 2.41. The lowest BCUT2D eigenvalue weighted by Gasteiger charge is -2.42. The SMILES string of the molecule is CC(C)(C)[Si](C)(C)OC1Cc2ccccc2C[C@@H]1O. The minimum atomic E-state index is -1.82. The summed E-state index contributed by atoms with van der Waals surface area (Å²) in [6.07, 6.45) is 1.14. The predicted octanol–water partition coefficient (Wildman–Crippen LogP) is 3.54. The molecule has 19 heavy (non-hydrogen) atoms. The van der Waals surface area contributed by atoms with Crippen LogP contribution in [0.3, 0.4) is 0 Å². The van der Waals surface area contributed by atoms with E-state index in [4.69, 9.17) is 4.43 Å². The van der Waals surface area contributed by atoms with Crippen LogP contribution < -0.4 is 0 Å². The van der Waals surface area contributed by atoms with Gasteiger partial charge in [-0.05, 0) is 29.3 Å². The van der Waals surface area contributed by atoms with E-state index in [0.717, 1.165) is 12.8 Å². The van der Waals surface area contributed by atoms with Crippen LogP contribution in [0.25, 0.3) is 0 Å². The smallest absolute Gasteiger partial charge is 0.192 e. The highest BCUT2D eigenvalue weighted by molar-refractivity contribution is 6.74. The van der Waals surface area contributed by atoms with Gasteiger partial charge in [0.2, 0.25) is 0 Å². The predicted molar refractivity (Wildman–Crippen MR) is 81.9 cm³/mol. The lowest BCUT2D eigenvalue weighted by molar-refractivity contribution is 0.0218. The van der Waals surface area contributed by atoms with Crippen LogP contribution in [0.5, 0.6) is 0 Å². The van der Waals surface area contributed by atoms with E-state index < -0.39 is 8.32 Å². The molecule has 106 valence electrons. The van der Waals surface area contributed by atoms with Crippen LogP contribution in [0.4, 0.5) is 0 Å². The molecule has 1 aromatic carbocycles. The van der Waals surface area contributed by atoms with Gasteiger partial charge in [-0.25, -0.2) is 0 Å². The van der Waals surface area contributed by atoms with Gasteiger partial charge in [-0.2, -0.15) is 0 Å². The summed E-state index contributed by atoms with van der Waals surface area (Å²) in [7, 11) is -1.82. The van der Waals surface area contributed by atoms with E-state index in [-0.39, 0.29) is 17.2 Å². The molecule has 1 N–H and O–H groups in total. The largest absolute Gasteiger partial charge is 0.411 e. The fraction of sp³-hybridized carbons (Fsp3) is 0.625. The van der Waals surface area contributed by atoms with Crippen LogP contribution in [0.2, 0.25) is 18.1 Å². The highest BCUT2D eigenvalue weighted by atomic mass is 28.4. The number of rotatable bonds is 2. The van der Waals surface area contributed by atoms with Gasteiger partial charge in [-0.3, -0.25) is 0 Å². The van der Waals surface area contributed by atoms with Gasteiger partial charge in [0, 0.05) is 12.8 Å². The number of aliphatic hydroxyl groups is 1. The van der Waals surface area contributed by atoms with E-state index in [9.17, 15) is 5.11 Å². The lowest BCUT2D eigenvalue weighted by Crippen LogP contribution is -2.49. The van der Waals surface area contributed by atoms with Crippen LogP contribution in [0, 0.1) is 0 Å². The Bertz CT molecular complexity index is 448. The van der Waals surface area contributed by atoms with E-state index in [1.165, 1.54) is 11.1 Å². The molecule has 0 radical (unpaired) electrons. The van der Waals surface area contributed by atoms with Gasteiger partial charge < -0.3 is 9.53 Å². The Morgan fingerprint density at radius 3 is 2.16 bits per heavy atom. The summed E-state index contributed by atoms with van der Waals surface area (Å²) >= 11 is 0. The molecule has 0 bridgehead atoms. The molecule has 3 heteroatoms. The van der Waals surface area contributed by atoms with E-state index in [1.807, 2.05) is 6.07 Å². The van der Waals surface area contributed by atoms with Crippen LogP contribution in [-0.4, -0.2) is 25.6 Å². The molecule has 0 saturated heterocycles. The van der Waals surface area contributed by atoms with Crippen LogP contribution in [0.15, 0.2) is 24.3 Å². The Morgan fingerprint density at radius 1 is 1.11 bits per heavy atom. The Labute approximate surface area is 117 Å². The number of fused-ring (bicyclic) bond motifs is 1. The minimum absolute atomic E-state index is 0.0456. The first-order valence-electron chi connectivity index (χ1n) is 7.13. The second-order valence-corrected chi connectivity index (χ2v) is 11.9. The molecule has 0 aromatic heterocycles. The molecule has 0 aliphatic heterocycles. The van der Waals surface area contributed by atoms with Gasteiger partial charge in [0.15, 0.2) is 8.32 Å². The van der Waals surface area contributed by atoms with Crippen molar-refractivity contribution < 1.29 is 9.53 Å². The molecule has 1 unspecified atom stereocenters. The fourth-order valence-electron chi connectivity index (χ4n) is 2.34. The first-order chi connectivity index (χ1) is 8.71. The molecule has 2 nitrogen and oxygen atoms in total. The maximum Gasteiger partial charge on any atom is 0.192 e. The van der Waals surface area contributed by atoms with Gasteiger partial charge in [-0.1, -0.05) is 45.0 Å². The summed E-state index contributed by atoms with van der Waals surface area (Å²) in [5.74, 6) is 0. The Balaban J connectivity index is 2.15. The maximum absolute atomic E-state index is 10.3. The van der Waals surface area contributed by atoms with Gasteiger partial charge in [0.25, 0.3) is 0 Å². The zero-order valence-electron chi connectivity index (χ0n) is 12.7. The Hall–Kier alpha value is -0.643. The monoisotopic (exact) mass is 278 g/mol. The molecule has 1 aliphatic rings. The van der Waals surface area contributed by atoms with Crippen molar-refractivity contribution in [1.82, 2.24) is 0 Å². The summed E-state index contributed by atoms with van der Waals surface area (Å²) in [5.41, 5.74) is 2.60. The zero-order valence-corrected chi connectivity index (χ0v) is 13.7. The van der Waals surface area contributed by atoms with E-state index in [2.05, 4.69) is 52.1 Å². The summed E-state index contributed by atoms with van der Waals surface area (Å²) < 4.78 is 6.40. The molecular formula is C16H26O2Si. The van der Waals surface area contributed by atoms with Gasteiger partial charge >= 0.3 is 0 Å². The third-order valence-electron chi connectivity index (χ3n) is 4.65. The van der Waals surface area contributed by atoms with Crippen molar-refractivity contribution in [2.45, 2.75) is 64.0 Å². The molecule has 1 aliphatic carbocycles. The standard InChI is InChI=1S/C16H26O2Si/c1-16(2,3)19(4,5)18-15-11-13-9-7-6-8-12(13)10-14(15)17/h6-9,14-15,17H,10-11H2,1-5H3/t14-,15?/m0/s1. The third-order valence-corrected chi connectivity index (χ3v) is 9.15. The summed E-state index contributed by atoms with van der Waals surface area (Å²) in [6, 6.07) is 8.38. The molecule has 0 spiro atoms. The lowest BCUT2D eigenvalue weighted by atomic mass is 9.88. The number of hydrogen-bond donors (Lipinski definition) is 1. The summed E-state index contributed by atoms with van der Waals surface area (Å²) in [4.78, 5) is 0. The van der Waals surface area contributed by atoms with Crippen molar-refractivity contribution in [2.75, 3.05) is 0 Å². The van der Waals surface area contributed by atoms with Gasteiger partial charge in [0.05, 0.1) is 12.2 Å². The van der Waals surface area contributed by atoms with Crippen molar-refractivity contribution in [3.8, 4) is 0 Å². The highest BCUT2D eigenvalue weighted by Crippen LogP contribution is 2.39. The van der Waals surface area contributed by atoms with Crippen LogP contribution in [-0.2, 0) is 17.3 Å². The normalized spacial score (nSPS) is 24.1. The fourth-order valence-corrected chi connectivity index (χ4v) is 3.69. The molecule has 0 amide bonds. The number of hydrogen-bond acceptors (Lipinski definition) is 2. The average molecular weight is 278 g/mol. The zero-order chi connectivity index (χ0) is 14.3. The molecule has 1 aromatic rings. The molecule has 0 saturated carbocycles. The quantitative estimate of drug-likeness (QED) is 0.839. The molecule has 0 fully saturated rings. The molecular weight excluding hydrogens is 252 g/mol. The van der Waals surface area contributed by atoms with E-state index in [1.54, 1.807) is 0 Å².